The molecule has 0 spiro atoms. The fourth-order valence-corrected chi connectivity index (χ4v) is 6.29. The first-order chi connectivity index (χ1) is 16.9. The van der Waals surface area contributed by atoms with Crippen LogP contribution in [0.3, 0.4) is 0 Å². The molecule has 8 nitrogen and oxygen atoms in total. The minimum Gasteiger partial charge on any atom is -0.258 e. The van der Waals surface area contributed by atoms with Gasteiger partial charge >= 0.3 is 0 Å². The molecule has 0 aliphatic heterocycles. The van der Waals surface area contributed by atoms with E-state index in [0.29, 0.717) is 10.6 Å². The van der Waals surface area contributed by atoms with Gasteiger partial charge in [-0.1, -0.05) is 48.0 Å². The third-order valence-corrected chi connectivity index (χ3v) is 9.13. The van der Waals surface area contributed by atoms with Gasteiger partial charge in [0.05, 0.1) is 48.2 Å². The molecule has 0 aliphatic rings. The molecule has 36 heavy (non-hydrogen) atoms. The van der Waals surface area contributed by atoms with Crippen molar-refractivity contribution in [2.75, 3.05) is 0 Å². The summed E-state index contributed by atoms with van der Waals surface area (Å²) >= 11 is 6.09. The standard InChI is InChI=1S/C25H24ClN3O5S2/c1-25(2,3)35(32)27-24(17-12-14-18(26)15-13-17)23-16-20-21(10-7-11-22(20)29(30)31)28(23)36(33,34)19-8-5-4-6-9-19/h4-16,24,27H,1-3H3/t24-,35+/m0/s1. The molecule has 1 aromatic heterocycles. The number of hydrogen-bond donors (Lipinski definition) is 1. The van der Waals surface area contributed by atoms with E-state index >= 15 is 0 Å². The predicted molar refractivity (Wildman–Crippen MR) is 142 cm³/mol. The van der Waals surface area contributed by atoms with Crippen molar-refractivity contribution in [3.63, 3.8) is 0 Å². The van der Waals surface area contributed by atoms with E-state index in [9.17, 15) is 22.7 Å². The van der Waals surface area contributed by atoms with Crippen LogP contribution in [-0.2, 0) is 21.0 Å². The number of rotatable bonds is 7. The molecule has 0 radical (unpaired) electrons. The Morgan fingerprint density at radius 1 is 1.00 bits per heavy atom. The van der Waals surface area contributed by atoms with Gasteiger partial charge in [0.25, 0.3) is 15.7 Å². The van der Waals surface area contributed by atoms with Gasteiger partial charge in [-0.15, -0.1) is 0 Å². The molecule has 1 N–H and O–H groups in total. The van der Waals surface area contributed by atoms with Crippen LogP contribution in [0.5, 0.6) is 0 Å². The zero-order chi connectivity index (χ0) is 26.3. The highest BCUT2D eigenvalue weighted by atomic mass is 35.5. The summed E-state index contributed by atoms with van der Waals surface area (Å²) in [6, 6.07) is 19.4. The normalized spacial score (nSPS) is 14.0. The second-order valence-electron chi connectivity index (χ2n) is 9.10. The zero-order valence-electron chi connectivity index (χ0n) is 19.7. The van der Waals surface area contributed by atoms with Crippen molar-refractivity contribution in [2.24, 2.45) is 0 Å². The van der Waals surface area contributed by atoms with Crippen molar-refractivity contribution in [1.82, 2.24) is 8.69 Å². The summed E-state index contributed by atoms with van der Waals surface area (Å²) in [7, 11) is -5.81. The number of aromatic nitrogens is 1. The highest BCUT2D eigenvalue weighted by Gasteiger charge is 2.33. The first-order valence-corrected chi connectivity index (χ1v) is 13.9. The number of nitrogens with one attached hydrogen (secondary N) is 1. The van der Waals surface area contributed by atoms with Gasteiger partial charge in [-0.05, 0) is 62.7 Å². The molecule has 0 aliphatic carbocycles. The van der Waals surface area contributed by atoms with E-state index < -0.39 is 36.7 Å². The third kappa shape index (κ3) is 4.94. The maximum atomic E-state index is 14.0. The topological polar surface area (TPSA) is 111 Å². The lowest BCUT2D eigenvalue weighted by molar-refractivity contribution is -0.383. The number of hydrogen-bond acceptors (Lipinski definition) is 5. The van der Waals surface area contributed by atoms with E-state index in [-0.39, 0.29) is 27.2 Å². The lowest BCUT2D eigenvalue weighted by Gasteiger charge is -2.26. The van der Waals surface area contributed by atoms with Crippen molar-refractivity contribution < 1.29 is 17.6 Å². The fraction of sp³-hybridized carbons (Fsp3) is 0.200. The van der Waals surface area contributed by atoms with Crippen LogP contribution in [0.15, 0.2) is 83.8 Å². The van der Waals surface area contributed by atoms with Gasteiger partial charge in [0.15, 0.2) is 0 Å². The number of fused-ring (bicyclic) bond motifs is 1. The summed E-state index contributed by atoms with van der Waals surface area (Å²) < 4.78 is 44.6. The Balaban J connectivity index is 2.08. The van der Waals surface area contributed by atoms with Gasteiger partial charge in [-0.3, -0.25) is 10.1 Å². The zero-order valence-corrected chi connectivity index (χ0v) is 22.1. The Labute approximate surface area is 216 Å². The SMILES string of the molecule is CC(C)(C)[S@@](=O)N[C@@H](c1ccc(Cl)cc1)c1cc2c([N+](=O)[O-])cccc2n1S(=O)(=O)c1ccccc1. The molecule has 3 aromatic carbocycles. The van der Waals surface area contributed by atoms with Crippen LogP contribution < -0.4 is 4.72 Å². The van der Waals surface area contributed by atoms with Crippen LogP contribution in [0.2, 0.25) is 5.02 Å². The Morgan fingerprint density at radius 3 is 2.22 bits per heavy atom. The van der Waals surface area contributed by atoms with Gasteiger partial charge in [0.2, 0.25) is 0 Å². The van der Waals surface area contributed by atoms with Crippen molar-refractivity contribution in [3.8, 4) is 0 Å². The van der Waals surface area contributed by atoms with Crippen molar-refractivity contribution in [2.45, 2.75) is 36.5 Å². The van der Waals surface area contributed by atoms with E-state index in [1.54, 1.807) is 63.2 Å². The number of nitro groups is 1. The summed E-state index contributed by atoms with van der Waals surface area (Å²) in [5, 5.41) is 12.4. The van der Waals surface area contributed by atoms with Crippen LogP contribution in [-0.4, -0.2) is 26.3 Å². The Morgan fingerprint density at radius 2 is 1.64 bits per heavy atom. The average molecular weight is 546 g/mol. The average Bonchev–Trinajstić information content (AvgIpc) is 3.23. The van der Waals surface area contributed by atoms with Crippen LogP contribution >= 0.6 is 11.6 Å². The van der Waals surface area contributed by atoms with E-state index in [2.05, 4.69) is 4.72 Å². The van der Waals surface area contributed by atoms with Crippen molar-refractivity contribution in [1.29, 1.82) is 0 Å². The summed E-state index contributed by atoms with van der Waals surface area (Å²) in [4.78, 5) is 11.3. The second-order valence-corrected chi connectivity index (χ2v) is 13.3. The largest absolute Gasteiger partial charge is 0.278 e. The summed E-state index contributed by atoms with van der Waals surface area (Å²) in [5.41, 5.74) is 0.683. The summed E-state index contributed by atoms with van der Waals surface area (Å²) in [6.07, 6.45) is 0. The van der Waals surface area contributed by atoms with Gasteiger partial charge in [0, 0.05) is 11.1 Å². The van der Waals surface area contributed by atoms with E-state index in [1.165, 1.54) is 36.4 Å². The lowest BCUT2D eigenvalue weighted by atomic mass is 10.0. The Hall–Kier alpha value is -3.05. The molecule has 0 fully saturated rings. The predicted octanol–water partition coefficient (Wildman–Crippen LogP) is 5.58. The molecule has 4 rings (SSSR count). The first kappa shape index (κ1) is 26.0. The second kappa shape index (κ2) is 9.78. The molecule has 0 saturated heterocycles. The molecule has 0 amide bonds. The van der Waals surface area contributed by atoms with Crippen molar-refractivity contribution in [3.05, 3.63) is 105 Å². The number of non-ortho nitro benzene ring substituents is 1. The molecule has 1 heterocycles. The highest BCUT2D eigenvalue weighted by molar-refractivity contribution is 7.90. The third-order valence-electron chi connectivity index (χ3n) is 5.56. The minimum absolute atomic E-state index is 0.0158. The monoisotopic (exact) mass is 545 g/mol. The van der Waals surface area contributed by atoms with Gasteiger partial charge in [0.1, 0.15) is 0 Å². The maximum Gasteiger partial charge on any atom is 0.278 e. The fourth-order valence-electron chi connectivity index (χ4n) is 3.78. The van der Waals surface area contributed by atoms with Crippen LogP contribution in [0.25, 0.3) is 10.9 Å². The molecule has 0 saturated carbocycles. The Kier molecular flexibility index (Phi) is 7.07. The number of halogens is 1. The van der Waals surface area contributed by atoms with E-state index in [0.717, 1.165) is 3.97 Å². The molecular weight excluding hydrogens is 522 g/mol. The Bertz CT molecular complexity index is 1560. The summed E-state index contributed by atoms with van der Waals surface area (Å²) in [6.45, 7) is 5.36. The molecular formula is C25H24ClN3O5S2. The van der Waals surface area contributed by atoms with Crippen LogP contribution in [0.4, 0.5) is 5.69 Å². The number of nitrogens with zero attached hydrogens (tertiary/aromatic N) is 2. The molecule has 2 atom stereocenters. The molecule has 4 aromatic rings. The first-order valence-electron chi connectivity index (χ1n) is 10.9. The van der Waals surface area contributed by atoms with Crippen molar-refractivity contribution >= 4 is 49.2 Å². The van der Waals surface area contributed by atoms with Crippen LogP contribution in [0, 0.1) is 10.1 Å². The highest BCUT2D eigenvalue weighted by Crippen LogP contribution is 2.37. The quantitative estimate of drug-likeness (QED) is 0.241. The number of benzene rings is 3. The molecule has 11 heteroatoms. The molecule has 0 bridgehead atoms. The van der Waals surface area contributed by atoms with E-state index in [4.69, 9.17) is 11.6 Å². The lowest BCUT2D eigenvalue weighted by Crippen LogP contribution is -2.37. The van der Waals surface area contributed by atoms with Gasteiger partial charge in [-0.2, -0.15) is 0 Å². The molecule has 188 valence electrons. The van der Waals surface area contributed by atoms with E-state index in [1.807, 2.05) is 0 Å². The van der Waals surface area contributed by atoms with Gasteiger partial charge < -0.3 is 0 Å². The smallest absolute Gasteiger partial charge is 0.258 e. The molecule has 0 unspecified atom stereocenters. The summed E-state index contributed by atoms with van der Waals surface area (Å²) in [5.74, 6) is 0. The van der Waals surface area contributed by atoms with Crippen LogP contribution in [0.1, 0.15) is 38.1 Å². The minimum atomic E-state index is -4.20. The maximum absolute atomic E-state index is 14.0. The number of nitro benzene ring substituents is 1. The van der Waals surface area contributed by atoms with Gasteiger partial charge in [-0.25, -0.2) is 21.3 Å².